The maximum absolute atomic E-state index is 11.9. The van der Waals surface area contributed by atoms with Gasteiger partial charge in [0.15, 0.2) is 0 Å². The van der Waals surface area contributed by atoms with Crippen molar-refractivity contribution in [3.05, 3.63) is 0 Å². The Balaban J connectivity index is 1.78. The van der Waals surface area contributed by atoms with E-state index in [0.29, 0.717) is 18.5 Å². The first kappa shape index (κ1) is 18.5. The van der Waals surface area contributed by atoms with Crippen LogP contribution in [-0.2, 0) is 4.74 Å². The van der Waals surface area contributed by atoms with Crippen LogP contribution in [0.15, 0.2) is 0 Å². The van der Waals surface area contributed by atoms with Gasteiger partial charge in [0, 0.05) is 12.6 Å². The summed E-state index contributed by atoms with van der Waals surface area (Å²) in [5, 5.41) is 10.1. The van der Waals surface area contributed by atoms with Crippen molar-refractivity contribution >= 4 is 6.09 Å². The molecule has 1 saturated carbocycles. The van der Waals surface area contributed by atoms with Gasteiger partial charge in [-0.05, 0) is 77.9 Å². The molecule has 5 nitrogen and oxygen atoms in total. The van der Waals surface area contributed by atoms with E-state index in [1.807, 2.05) is 20.8 Å². The SMILES string of the molecule is CC(C)(C)OC(=O)NCC(NCC1CCNCC1)C1CCCC1. The van der Waals surface area contributed by atoms with Crippen LogP contribution < -0.4 is 16.0 Å². The van der Waals surface area contributed by atoms with Crippen molar-refractivity contribution in [2.75, 3.05) is 26.2 Å². The van der Waals surface area contributed by atoms with Crippen LogP contribution in [0.4, 0.5) is 4.79 Å². The highest BCUT2D eigenvalue weighted by molar-refractivity contribution is 5.67. The molecule has 1 heterocycles. The normalized spacial score (nSPS) is 22.0. The number of hydrogen-bond donors (Lipinski definition) is 3. The zero-order chi connectivity index (χ0) is 16.7. The number of amides is 1. The quantitative estimate of drug-likeness (QED) is 0.702. The van der Waals surface area contributed by atoms with E-state index >= 15 is 0 Å². The van der Waals surface area contributed by atoms with E-state index in [4.69, 9.17) is 4.74 Å². The van der Waals surface area contributed by atoms with Crippen LogP contribution in [0.25, 0.3) is 0 Å². The first-order valence-electron chi connectivity index (χ1n) is 9.35. The molecule has 0 spiro atoms. The summed E-state index contributed by atoms with van der Waals surface area (Å²) in [5.74, 6) is 1.45. The highest BCUT2D eigenvalue weighted by Crippen LogP contribution is 2.28. The van der Waals surface area contributed by atoms with Crippen molar-refractivity contribution < 1.29 is 9.53 Å². The van der Waals surface area contributed by atoms with Crippen LogP contribution in [0.2, 0.25) is 0 Å². The Morgan fingerprint density at radius 1 is 1.17 bits per heavy atom. The van der Waals surface area contributed by atoms with Gasteiger partial charge >= 0.3 is 6.09 Å². The lowest BCUT2D eigenvalue weighted by molar-refractivity contribution is 0.0517. The number of rotatable bonds is 6. The minimum absolute atomic E-state index is 0.302. The van der Waals surface area contributed by atoms with Crippen LogP contribution in [0.3, 0.4) is 0 Å². The first-order chi connectivity index (χ1) is 10.9. The van der Waals surface area contributed by atoms with E-state index in [1.165, 1.54) is 38.5 Å². The average Bonchev–Trinajstić information content (AvgIpc) is 3.00. The van der Waals surface area contributed by atoms with Crippen LogP contribution >= 0.6 is 0 Å². The van der Waals surface area contributed by atoms with Crippen molar-refractivity contribution in [1.29, 1.82) is 0 Å². The Morgan fingerprint density at radius 3 is 2.43 bits per heavy atom. The van der Waals surface area contributed by atoms with Crippen LogP contribution in [0.5, 0.6) is 0 Å². The Morgan fingerprint density at radius 2 is 1.83 bits per heavy atom. The van der Waals surface area contributed by atoms with Gasteiger partial charge in [-0.15, -0.1) is 0 Å². The Kier molecular flexibility index (Phi) is 7.15. The maximum atomic E-state index is 11.9. The number of piperidine rings is 1. The molecule has 1 aliphatic carbocycles. The second-order valence-electron chi connectivity index (χ2n) is 8.14. The summed E-state index contributed by atoms with van der Waals surface area (Å²) in [6, 6.07) is 0.375. The molecule has 1 aliphatic heterocycles. The summed E-state index contributed by atoms with van der Waals surface area (Å²) in [7, 11) is 0. The molecule has 23 heavy (non-hydrogen) atoms. The number of carbonyl (C=O) groups is 1. The van der Waals surface area contributed by atoms with Gasteiger partial charge in [0.1, 0.15) is 5.60 Å². The molecular weight excluding hydrogens is 290 g/mol. The van der Waals surface area contributed by atoms with E-state index in [1.54, 1.807) is 0 Å². The lowest BCUT2D eigenvalue weighted by atomic mass is 9.94. The van der Waals surface area contributed by atoms with Crippen molar-refractivity contribution in [3.63, 3.8) is 0 Å². The fourth-order valence-corrected chi connectivity index (χ4v) is 3.68. The fourth-order valence-electron chi connectivity index (χ4n) is 3.68. The molecule has 2 aliphatic rings. The molecule has 1 atom stereocenters. The molecule has 5 heteroatoms. The Labute approximate surface area is 141 Å². The maximum Gasteiger partial charge on any atom is 0.407 e. The predicted molar refractivity (Wildman–Crippen MR) is 93.6 cm³/mol. The van der Waals surface area contributed by atoms with Crippen molar-refractivity contribution in [2.24, 2.45) is 11.8 Å². The highest BCUT2D eigenvalue weighted by Gasteiger charge is 2.27. The summed E-state index contributed by atoms with van der Waals surface area (Å²) in [6.07, 6.45) is 7.41. The average molecular weight is 325 g/mol. The van der Waals surface area contributed by atoms with Crippen LogP contribution in [0, 0.1) is 11.8 Å². The number of carbonyl (C=O) groups excluding carboxylic acids is 1. The van der Waals surface area contributed by atoms with E-state index < -0.39 is 5.60 Å². The zero-order valence-corrected chi connectivity index (χ0v) is 15.1. The largest absolute Gasteiger partial charge is 0.444 e. The third kappa shape index (κ3) is 7.08. The highest BCUT2D eigenvalue weighted by atomic mass is 16.6. The van der Waals surface area contributed by atoms with Gasteiger partial charge in [-0.1, -0.05) is 12.8 Å². The molecule has 0 aromatic rings. The molecule has 0 aromatic heterocycles. The van der Waals surface area contributed by atoms with Crippen molar-refractivity contribution in [3.8, 4) is 0 Å². The Hall–Kier alpha value is -0.810. The summed E-state index contributed by atoms with van der Waals surface area (Å²) < 4.78 is 5.36. The van der Waals surface area contributed by atoms with E-state index in [0.717, 1.165) is 25.6 Å². The second kappa shape index (κ2) is 8.88. The molecule has 0 bridgehead atoms. The lowest BCUT2D eigenvalue weighted by Gasteiger charge is -2.29. The second-order valence-corrected chi connectivity index (χ2v) is 8.14. The zero-order valence-electron chi connectivity index (χ0n) is 15.1. The van der Waals surface area contributed by atoms with Gasteiger partial charge in [0.05, 0.1) is 0 Å². The van der Waals surface area contributed by atoms with Gasteiger partial charge in [0.2, 0.25) is 0 Å². The lowest BCUT2D eigenvalue weighted by Crippen LogP contribution is -2.48. The van der Waals surface area contributed by atoms with Gasteiger partial charge < -0.3 is 20.7 Å². The molecule has 0 radical (unpaired) electrons. The fraction of sp³-hybridized carbons (Fsp3) is 0.944. The van der Waals surface area contributed by atoms with E-state index in [-0.39, 0.29) is 6.09 Å². The first-order valence-corrected chi connectivity index (χ1v) is 9.35. The number of hydrogen-bond acceptors (Lipinski definition) is 4. The third-order valence-electron chi connectivity index (χ3n) is 4.96. The van der Waals surface area contributed by atoms with Crippen molar-refractivity contribution in [2.45, 2.75) is 70.9 Å². The van der Waals surface area contributed by atoms with Crippen LogP contribution in [-0.4, -0.2) is 43.9 Å². The number of alkyl carbamates (subject to hydrolysis) is 1. The minimum atomic E-state index is -0.435. The van der Waals surface area contributed by atoms with Gasteiger partial charge in [-0.2, -0.15) is 0 Å². The molecule has 0 aromatic carbocycles. The molecule has 134 valence electrons. The molecular formula is C18H35N3O2. The molecule has 1 unspecified atom stereocenters. The van der Waals surface area contributed by atoms with Crippen LogP contribution in [0.1, 0.15) is 59.3 Å². The molecule has 1 saturated heterocycles. The van der Waals surface area contributed by atoms with Gasteiger partial charge in [0.25, 0.3) is 0 Å². The molecule has 1 amide bonds. The minimum Gasteiger partial charge on any atom is -0.444 e. The molecule has 2 fully saturated rings. The van der Waals surface area contributed by atoms with Gasteiger partial charge in [-0.25, -0.2) is 4.79 Å². The topological polar surface area (TPSA) is 62.4 Å². The van der Waals surface area contributed by atoms with Crippen molar-refractivity contribution in [1.82, 2.24) is 16.0 Å². The standard InChI is InChI=1S/C18H35N3O2/c1-18(2,3)23-17(22)21-13-16(15-6-4-5-7-15)20-12-14-8-10-19-11-9-14/h14-16,19-20H,4-13H2,1-3H3,(H,21,22). The number of nitrogens with one attached hydrogen (secondary N) is 3. The Bertz CT molecular complexity index is 356. The van der Waals surface area contributed by atoms with E-state index in [2.05, 4.69) is 16.0 Å². The summed E-state index contributed by atoms with van der Waals surface area (Å²) >= 11 is 0. The summed E-state index contributed by atoms with van der Waals surface area (Å²) in [6.45, 7) is 9.71. The van der Waals surface area contributed by atoms with E-state index in [9.17, 15) is 4.79 Å². The molecule has 3 N–H and O–H groups in total. The summed E-state index contributed by atoms with van der Waals surface area (Å²) in [4.78, 5) is 11.9. The monoisotopic (exact) mass is 325 g/mol. The van der Waals surface area contributed by atoms with Gasteiger partial charge in [-0.3, -0.25) is 0 Å². The third-order valence-corrected chi connectivity index (χ3v) is 4.96. The summed E-state index contributed by atoms with van der Waals surface area (Å²) in [5.41, 5.74) is -0.435. The molecule has 2 rings (SSSR count). The number of ether oxygens (including phenoxy) is 1. The predicted octanol–water partition coefficient (Wildman–Crippen LogP) is 2.66. The smallest absolute Gasteiger partial charge is 0.407 e.